The summed E-state index contributed by atoms with van der Waals surface area (Å²) in [5.74, 6) is 0.608. The van der Waals surface area contributed by atoms with Crippen LogP contribution in [-0.2, 0) is 0 Å². The van der Waals surface area contributed by atoms with E-state index in [0.29, 0.717) is 6.07 Å². The van der Waals surface area contributed by atoms with Gasteiger partial charge in [-0.3, -0.25) is 11.3 Å². The Labute approximate surface area is 105 Å². The molecule has 0 amide bonds. The molecule has 1 aromatic carbocycles. The topological polar surface area (TPSA) is 38.0 Å². The fraction of sp³-hybridized carbons (Fsp3) is 0.455. The van der Waals surface area contributed by atoms with Gasteiger partial charge in [-0.25, -0.2) is 13.2 Å². The molecule has 0 aliphatic heterocycles. The molecule has 8 heteroatoms. The van der Waals surface area contributed by atoms with Crippen LogP contribution in [0.4, 0.5) is 26.3 Å². The van der Waals surface area contributed by atoms with Gasteiger partial charge in [-0.2, -0.15) is 13.2 Å². The Kier molecular flexibility index (Phi) is 5.19. The van der Waals surface area contributed by atoms with Crippen molar-refractivity contribution in [1.29, 1.82) is 0 Å². The highest BCUT2D eigenvalue weighted by atomic mass is 19.4. The van der Waals surface area contributed by atoms with Crippen LogP contribution in [0.1, 0.15) is 30.9 Å². The highest BCUT2D eigenvalue weighted by molar-refractivity contribution is 5.23. The van der Waals surface area contributed by atoms with Crippen molar-refractivity contribution in [3.8, 4) is 0 Å². The number of alkyl halides is 3. The standard InChI is InChI=1S/C11H12F6N2/c12-7-4-3-6(9(13)10(7)14)8(19-18)2-1-5-11(15,16)17/h3-4,8,19H,1-2,5,18H2. The molecule has 0 saturated carbocycles. The Bertz CT molecular complexity index is 432. The zero-order valence-electron chi connectivity index (χ0n) is 9.70. The van der Waals surface area contributed by atoms with Crippen LogP contribution >= 0.6 is 0 Å². The number of nitrogens with one attached hydrogen (secondary N) is 1. The smallest absolute Gasteiger partial charge is 0.271 e. The van der Waals surface area contributed by atoms with E-state index >= 15 is 0 Å². The van der Waals surface area contributed by atoms with Gasteiger partial charge in [0.05, 0.1) is 0 Å². The SMILES string of the molecule is NNC(CCCC(F)(F)F)c1ccc(F)c(F)c1F. The van der Waals surface area contributed by atoms with Crippen molar-refractivity contribution in [3.63, 3.8) is 0 Å². The average Bonchev–Trinajstić information content (AvgIpc) is 2.32. The summed E-state index contributed by atoms with van der Waals surface area (Å²) in [7, 11) is 0. The summed E-state index contributed by atoms with van der Waals surface area (Å²) in [6.07, 6.45) is -5.85. The van der Waals surface area contributed by atoms with E-state index < -0.39 is 36.1 Å². The fourth-order valence-corrected chi connectivity index (χ4v) is 1.65. The first-order chi connectivity index (χ1) is 8.76. The van der Waals surface area contributed by atoms with E-state index in [1.165, 1.54) is 0 Å². The first-order valence-electron chi connectivity index (χ1n) is 5.42. The first kappa shape index (κ1) is 15.8. The highest BCUT2D eigenvalue weighted by Gasteiger charge is 2.27. The molecule has 0 spiro atoms. The Morgan fingerprint density at radius 1 is 1.11 bits per heavy atom. The quantitative estimate of drug-likeness (QED) is 0.377. The Morgan fingerprint density at radius 3 is 2.26 bits per heavy atom. The number of hydrazine groups is 1. The highest BCUT2D eigenvalue weighted by Crippen LogP contribution is 2.28. The molecule has 0 fully saturated rings. The van der Waals surface area contributed by atoms with Crippen LogP contribution < -0.4 is 11.3 Å². The lowest BCUT2D eigenvalue weighted by molar-refractivity contribution is -0.135. The number of halogens is 6. The van der Waals surface area contributed by atoms with Gasteiger partial charge in [-0.15, -0.1) is 0 Å². The third-order valence-corrected chi connectivity index (χ3v) is 2.59. The first-order valence-corrected chi connectivity index (χ1v) is 5.42. The van der Waals surface area contributed by atoms with Crippen LogP contribution in [0, 0.1) is 17.5 Å². The summed E-state index contributed by atoms with van der Waals surface area (Å²) in [5.41, 5.74) is 1.79. The van der Waals surface area contributed by atoms with E-state index in [2.05, 4.69) is 5.43 Å². The van der Waals surface area contributed by atoms with Gasteiger partial charge in [0.15, 0.2) is 17.5 Å². The maximum Gasteiger partial charge on any atom is 0.389 e. The Balaban J connectivity index is 2.78. The molecule has 0 saturated heterocycles. The molecule has 0 aliphatic carbocycles. The van der Waals surface area contributed by atoms with Gasteiger partial charge in [0, 0.05) is 18.0 Å². The van der Waals surface area contributed by atoms with Crippen LogP contribution in [0.5, 0.6) is 0 Å². The minimum Gasteiger partial charge on any atom is -0.271 e. The molecular formula is C11H12F6N2. The third-order valence-electron chi connectivity index (χ3n) is 2.59. The number of hydrogen-bond acceptors (Lipinski definition) is 2. The molecule has 1 rings (SSSR count). The van der Waals surface area contributed by atoms with Crippen LogP contribution in [0.15, 0.2) is 12.1 Å². The lowest BCUT2D eigenvalue weighted by atomic mass is 10.0. The molecule has 0 heterocycles. The Morgan fingerprint density at radius 2 is 1.74 bits per heavy atom. The fourth-order valence-electron chi connectivity index (χ4n) is 1.65. The second-order valence-electron chi connectivity index (χ2n) is 3.99. The van der Waals surface area contributed by atoms with Crippen LogP contribution in [0.2, 0.25) is 0 Å². The van der Waals surface area contributed by atoms with Gasteiger partial charge in [0.1, 0.15) is 0 Å². The van der Waals surface area contributed by atoms with Crippen molar-refractivity contribution in [2.45, 2.75) is 31.5 Å². The summed E-state index contributed by atoms with van der Waals surface area (Å²) in [6.45, 7) is 0. The van der Waals surface area contributed by atoms with Crippen molar-refractivity contribution in [3.05, 3.63) is 35.1 Å². The van der Waals surface area contributed by atoms with Gasteiger partial charge in [-0.05, 0) is 18.9 Å². The van der Waals surface area contributed by atoms with Gasteiger partial charge in [0.2, 0.25) is 0 Å². The van der Waals surface area contributed by atoms with Crippen molar-refractivity contribution in [2.75, 3.05) is 0 Å². The minimum atomic E-state index is -4.33. The lowest BCUT2D eigenvalue weighted by Gasteiger charge is -2.17. The van der Waals surface area contributed by atoms with Gasteiger partial charge in [-0.1, -0.05) is 6.07 Å². The molecule has 2 nitrogen and oxygen atoms in total. The second-order valence-corrected chi connectivity index (χ2v) is 3.99. The van der Waals surface area contributed by atoms with E-state index in [1.807, 2.05) is 0 Å². The molecule has 1 atom stereocenters. The van der Waals surface area contributed by atoms with Gasteiger partial charge < -0.3 is 0 Å². The molecule has 19 heavy (non-hydrogen) atoms. The normalized spacial score (nSPS) is 13.6. The van der Waals surface area contributed by atoms with Gasteiger partial charge in [0.25, 0.3) is 0 Å². The molecule has 0 aliphatic rings. The zero-order valence-corrected chi connectivity index (χ0v) is 9.70. The third kappa shape index (κ3) is 4.39. The van der Waals surface area contributed by atoms with Crippen molar-refractivity contribution >= 4 is 0 Å². The molecular weight excluding hydrogens is 274 g/mol. The van der Waals surface area contributed by atoms with Crippen molar-refractivity contribution in [2.24, 2.45) is 5.84 Å². The molecule has 1 unspecified atom stereocenters. The monoisotopic (exact) mass is 286 g/mol. The maximum absolute atomic E-state index is 13.4. The summed E-state index contributed by atoms with van der Waals surface area (Å²) >= 11 is 0. The number of nitrogens with two attached hydrogens (primary N) is 1. The second kappa shape index (κ2) is 6.25. The zero-order chi connectivity index (χ0) is 14.6. The van der Waals surface area contributed by atoms with E-state index in [-0.39, 0.29) is 18.4 Å². The number of hydrogen-bond donors (Lipinski definition) is 2. The minimum absolute atomic E-state index is 0.155. The molecule has 0 radical (unpaired) electrons. The molecule has 1 aromatic rings. The van der Waals surface area contributed by atoms with E-state index in [0.717, 1.165) is 6.07 Å². The van der Waals surface area contributed by atoms with E-state index in [9.17, 15) is 26.3 Å². The van der Waals surface area contributed by atoms with Crippen molar-refractivity contribution < 1.29 is 26.3 Å². The van der Waals surface area contributed by atoms with Crippen molar-refractivity contribution in [1.82, 2.24) is 5.43 Å². The Hall–Kier alpha value is -1.28. The predicted molar refractivity (Wildman–Crippen MR) is 56.3 cm³/mol. The van der Waals surface area contributed by atoms with Gasteiger partial charge >= 0.3 is 6.18 Å². The maximum atomic E-state index is 13.4. The largest absolute Gasteiger partial charge is 0.389 e. The van der Waals surface area contributed by atoms with E-state index in [1.54, 1.807) is 0 Å². The molecule has 0 bridgehead atoms. The predicted octanol–water partition coefficient (Wildman–Crippen LogP) is 3.34. The number of benzene rings is 1. The summed E-state index contributed by atoms with van der Waals surface area (Å²) in [6, 6.07) is 0.630. The molecule has 0 aromatic heterocycles. The van der Waals surface area contributed by atoms with Crippen LogP contribution in [0.3, 0.4) is 0 Å². The number of rotatable bonds is 5. The van der Waals surface area contributed by atoms with Crippen LogP contribution in [-0.4, -0.2) is 6.18 Å². The lowest BCUT2D eigenvalue weighted by Crippen LogP contribution is -2.29. The summed E-state index contributed by atoms with van der Waals surface area (Å²) < 4.78 is 75.1. The van der Waals surface area contributed by atoms with E-state index in [4.69, 9.17) is 5.84 Å². The molecule has 108 valence electrons. The average molecular weight is 286 g/mol. The van der Waals surface area contributed by atoms with Crippen LogP contribution in [0.25, 0.3) is 0 Å². The summed E-state index contributed by atoms with van der Waals surface area (Å²) in [4.78, 5) is 0. The summed E-state index contributed by atoms with van der Waals surface area (Å²) in [5, 5.41) is 0. The molecule has 3 N–H and O–H groups in total.